The first-order valence-electron chi connectivity index (χ1n) is 6.95. The Morgan fingerprint density at radius 2 is 1.83 bits per heavy atom. The second-order valence-corrected chi connectivity index (χ2v) is 5.53. The number of aromatic nitrogens is 4. The van der Waals surface area contributed by atoms with E-state index in [9.17, 15) is 4.79 Å². The number of rotatable bonds is 3. The number of benzene rings is 1. The monoisotopic (exact) mass is 327 g/mol. The Balaban J connectivity index is 1.89. The fourth-order valence-electron chi connectivity index (χ4n) is 2.06. The van der Waals surface area contributed by atoms with E-state index >= 15 is 0 Å². The minimum Gasteiger partial charge on any atom is -0.321 e. The second kappa shape index (κ2) is 6.18. The highest BCUT2D eigenvalue weighted by Crippen LogP contribution is 2.19. The second-order valence-electron chi connectivity index (χ2n) is 5.12. The number of amides is 1. The smallest absolute Gasteiger partial charge is 0.275 e. The van der Waals surface area contributed by atoms with Gasteiger partial charge in [0.05, 0.1) is 5.02 Å². The summed E-state index contributed by atoms with van der Waals surface area (Å²) in [7, 11) is 0. The van der Waals surface area contributed by atoms with Crippen LogP contribution in [0.4, 0.5) is 5.69 Å². The molecule has 3 aromatic rings. The zero-order chi connectivity index (χ0) is 16.4. The number of anilines is 1. The largest absolute Gasteiger partial charge is 0.321 e. The van der Waals surface area contributed by atoms with Gasteiger partial charge in [-0.15, -0.1) is 10.2 Å². The predicted molar refractivity (Wildman–Crippen MR) is 88.0 cm³/mol. The van der Waals surface area contributed by atoms with Crippen molar-refractivity contribution in [2.24, 2.45) is 0 Å². The van der Waals surface area contributed by atoms with Crippen LogP contribution in [0.25, 0.3) is 5.82 Å². The molecule has 0 atom stereocenters. The number of pyridine rings is 1. The van der Waals surface area contributed by atoms with Crippen molar-refractivity contribution in [3.05, 3.63) is 64.8 Å². The lowest BCUT2D eigenvalue weighted by molar-refractivity contribution is 0.102. The van der Waals surface area contributed by atoms with Crippen LogP contribution in [-0.4, -0.2) is 25.7 Å². The first-order valence-corrected chi connectivity index (χ1v) is 7.32. The van der Waals surface area contributed by atoms with Crippen molar-refractivity contribution in [2.45, 2.75) is 13.8 Å². The molecule has 1 N–H and O–H groups in total. The van der Waals surface area contributed by atoms with Gasteiger partial charge >= 0.3 is 0 Å². The molecule has 116 valence electrons. The van der Waals surface area contributed by atoms with E-state index in [-0.39, 0.29) is 16.6 Å². The van der Waals surface area contributed by atoms with Crippen LogP contribution < -0.4 is 5.32 Å². The lowest BCUT2D eigenvalue weighted by Gasteiger charge is -2.09. The van der Waals surface area contributed by atoms with E-state index in [1.54, 1.807) is 16.7 Å². The number of hydrogen-bond acceptors (Lipinski definition) is 4. The summed E-state index contributed by atoms with van der Waals surface area (Å²) in [6, 6.07) is 9.02. The van der Waals surface area contributed by atoms with E-state index in [2.05, 4.69) is 20.5 Å². The number of nitrogens with zero attached hydrogens (tertiary/aromatic N) is 4. The molecule has 1 aromatic carbocycles. The van der Waals surface area contributed by atoms with Gasteiger partial charge in [0.25, 0.3) is 5.91 Å². The van der Waals surface area contributed by atoms with Gasteiger partial charge in [-0.05, 0) is 49.2 Å². The highest BCUT2D eigenvalue weighted by Gasteiger charge is 2.14. The third-order valence-electron chi connectivity index (χ3n) is 3.49. The van der Waals surface area contributed by atoms with Gasteiger partial charge in [-0.2, -0.15) is 0 Å². The van der Waals surface area contributed by atoms with Crippen LogP contribution >= 0.6 is 11.6 Å². The topological polar surface area (TPSA) is 72.7 Å². The van der Waals surface area contributed by atoms with Crippen LogP contribution in [0.1, 0.15) is 21.6 Å². The summed E-state index contributed by atoms with van der Waals surface area (Å²) >= 11 is 6.11. The number of halogens is 1. The van der Waals surface area contributed by atoms with Gasteiger partial charge in [-0.3, -0.25) is 9.36 Å². The molecule has 3 rings (SSSR count). The Hall–Kier alpha value is -2.73. The number of hydrogen-bond donors (Lipinski definition) is 1. The summed E-state index contributed by atoms with van der Waals surface area (Å²) in [5, 5.41) is 10.5. The van der Waals surface area contributed by atoms with Gasteiger partial charge in [0.15, 0.2) is 0 Å². The standard InChI is InChI=1S/C16H14ClN5O/c1-10-3-4-12(7-11(10)2)20-16(23)15-13(17)5-6-14(21-15)22-8-18-19-9-22/h3-9H,1-2H3,(H,20,23). The van der Waals surface area contributed by atoms with E-state index in [4.69, 9.17) is 11.6 Å². The molecule has 7 heteroatoms. The van der Waals surface area contributed by atoms with Crippen LogP contribution in [-0.2, 0) is 0 Å². The Morgan fingerprint density at radius 3 is 2.52 bits per heavy atom. The van der Waals surface area contributed by atoms with Gasteiger partial charge in [0, 0.05) is 5.69 Å². The summed E-state index contributed by atoms with van der Waals surface area (Å²) < 4.78 is 1.60. The van der Waals surface area contributed by atoms with E-state index in [0.717, 1.165) is 11.1 Å². The molecule has 23 heavy (non-hydrogen) atoms. The number of aryl methyl sites for hydroxylation is 2. The fraction of sp³-hybridized carbons (Fsp3) is 0.125. The van der Waals surface area contributed by atoms with E-state index < -0.39 is 0 Å². The molecule has 2 aromatic heterocycles. The highest BCUT2D eigenvalue weighted by molar-refractivity contribution is 6.34. The van der Waals surface area contributed by atoms with Gasteiger partial charge in [-0.1, -0.05) is 17.7 Å². The minimum absolute atomic E-state index is 0.149. The van der Waals surface area contributed by atoms with Gasteiger partial charge in [0.2, 0.25) is 0 Å². The van der Waals surface area contributed by atoms with Gasteiger partial charge in [0.1, 0.15) is 24.2 Å². The third kappa shape index (κ3) is 3.22. The average Bonchev–Trinajstić information content (AvgIpc) is 3.06. The SMILES string of the molecule is Cc1ccc(NC(=O)c2nc(-n3cnnc3)ccc2Cl)cc1C. The van der Waals surface area contributed by atoms with Crippen LogP contribution in [0.3, 0.4) is 0 Å². The Labute approximate surface area is 138 Å². The van der Waals surface area contributed by atoms with Crippen LogP contribution in [0.15, 0.2) is 43.0 Å². The molecule has 0 spiro atoms. The maximum absolute atomic E-state index is 12.5. The van der Waals surface area contributed by atoms with Crippen LogP contribution in [0.5, 0.6) is 0 Å². The van der Waals surface area contributed by atoms with Crippen molar-refractivity contribution < 1.29 is 4.79 Å². The highest BCUT2D eigenvalue weighted by atomic mass is 35.5. The fourth-order valence-corrected chi connectivity index (χ4v) is 2.25. The van der Waals surface area contributed by atoms with Crippen molar-refractivity contribution in [3.8, 4) is 5.82 Å². The molecule has 0 unspecified atom stereocenters. The van der Waals surface area contributed by atoms with E-state index in [1.165, 1.54) is 12.7 Å². The first-order chi connectivity index (χ1) is 11.0. The summed E-state index contributed by atoms with van der Waals surface area (Å²) in [6.45, 7) is 4.00. The molecule has 0 aliphatic rings. The Bertz CT molecular complexity index is 861. The molecule has 0 fully saturated rings. The van der Waals surface area contributed by atoms with E-state index in [0.29, 0.717) is 11.5 Å². The van der Waals surface area contributed by atoms with Gasteiger partial charge in [-0.25, -0.2) is 4.98 Å². The molecule has 1 amide bonds. The first kappa shape index (κ1) is 15.2. The summed E-state index contributed by atoms with van der Waals surface area (Å²) in [5.41, 5.74) is 3.11. The number of carbonyl (C=O) groups is 1. The molecule has 0 saturated carbocycles. The van der Waals surface area contributed by atoms with Crippen molar-refractivity contribution in [3.63, 3.8) is 0 Å². The normalized spacial score (nSPS) is 10.6. The molecule has 6 nitrogen and oxygen atoms in total. The van der Waals surface area contributed by atoms with Crippen molar-refractivity contribution in [2.75, 3.05) is 5.32 Å². The molecular formula is C16H14ClN5O. The lowest BCUT2D eigenvalue weighted by Crippen LogP contribution is -2.15. The number of nitrogens with one attached hydrogen (secondary N) is 1. The zero-order valence-corrected chi connectivity index (χ0v) is 13.4. The van der Waals surface area contributed by atoms with E-state index in [1.807, 2.05) is 32.0 Å². The van der Waals surface area contributed by atoms with Crippen molar-refractivity contribution in [1.82, 2.24) is 19.7 Å². The summed E-state index contributed by atoms with van der Waals surface area (Å²) in [4.78, 5) is 16.7. The van der Waals surface area contributed by atoms with Crippen LogP contribution in [0, 0.1) is 13.8 Å². The maximum atomic E-state index is 12.5. The molecule has 0 saturated heterocycles. The molecule has 2 heterocycles. The Kier molecular flexibility index (Phi) is 4.08. The summed E-state index contributed by atoms with van der Waals surface area (Å²) in [6.07, 6.45) is 3.00. The molecule has 0 bridgehead atoms. The number of carbonyl (C=O) groups excluding carboxylic acids is 1. The summed E-state index contributed by atoms with van der Waals surface area (Å²) in [5.74, 6) is 0.151. The Morgan fingerprint density at radius 1 is 1.09 bits per heavy atom. The van der Waals surface area contributed by atoms with Crippen molar-refractivity contribution in [1.29, 1.82) is 0 Å². The molecule has 0 aliphatic heterocycles. The lowest BCUT2D eigenvalue weighted by atomic mass is 10.1. The predicted octanol–water partition coefficient (Wildman–Crippen LogP) is 3.18. The van der Waals surface area contributed by atoms with Crippen molar-refractivity contribution >= 4 is 23.2 Å². The average molecular weight is 328 g/mol. The van der Waals surface area contributed by atoms with Crippen LogP contribution in [0.2, 0.25) is 5.02 Å². The molecule has 0 radical (unpaired) electrons. The minimum atomic E-state index is -0.367. The molecule has 0 aliphatic carbocycles. The maximum Gasteiger partial charge on any atom is 0.275 e. The quantitative estimate of drug-likeness (QED) is 0.802. The molecular weight excluding hydrogens is 314 g/mol. The third-order valence-corrected chi connectivity index (χ3v) is 3.80. The van der Waals surface area contributed by atoms with Gasteiger partial charge < -0.3 is 5.32 Å². The zero-order valence-electron chi connectivity index (χ0n) is 12.6.